The molecule has 0 aromatic heterocycles. The largest absolute Gasteiger partial charge is 0.386 e. The van der Waals surface area contributed by atoms with E-state index in [-0.39, 0.29) is 0 Å². The Morgan fingerprint density at radius 3 is 2.55 bits per heavy atom. The molecule has 11 heavy (non-hydrogen) atoms. The van der Waals surface area contributed by atoms with E-state index in [0.717, 1.165) is 5.69 Å². The van der Waals surface area contributed by atoms with Crippen LogP contribution in [0, 0.1) is 0 Å². The molecule has 0 saturated carbocycles. The van der Waals surface area contributed by atoms with Gasteiger partial charge in [-0.15, -0.1) is 0 Å². The Kier molecular flexibility index (Phi) is 2.98. The van der Waals surface area contributed by atoms with Crippen LogP contribution in [-0.2, 0) is 0 Å². The second kappa shape index (κ2) is 4.03. The molecule has 0 spiro atoms. The Bertz CT molecular complexity index is 244. The topological polar surface area (TPSA) is 38.4 Å². The Balaban J connectivity index is 2.79. The summed E-state index contributed by atoms with van der Waals surface area (Å²) in [4.78, 5) is 4.10. The first-order chi connectivity index (χ1) is 5.33. The molecule has 0 heterocycles. The molecule has 2 N–H and O–H groups in total. The van der Waals surface area contributed by atoms with Crippen molar-refractivity contribution in [1.29, 1.82) is 0 Å². The molecular formula is C8H10N2S. The number of nitrogens with zero attached hydrogens (tertiary/aromatic N) is 1. The molecule has 0 aliphatic carbocycles. The van der Waals surface area contributed by atoms with Crippen molar-refractivity contribution < 1.29 is 0 Å². The number of rotatable bonds is 2. The van der Waals surface area contributed by atoms with Crippen LogP contribution in [0.1, 0.15) is 0 Å². The number of para-hydroxylation sites is 1. The highest BCUT2D eigenvalue weighted by molar-refractivity contribution is 7.81. The molecular weight excluding hydrogens is 156 g/mol. The van der Waals surface area contributed by atoms with E-state index in [9.17, 15) is 0 Å². The Morgan fingerprint density at radius 2 is 2.00 bits per heavy atom. The molecule has 1 aromatic carbocycles. The first kappa shape index (κ1) is 8.14. The summed E-state index contributed by atoms with van der Waals surface area (Å²) in [5, 5.41) is 0. The van der Waals surface area contributed by atoms with E-state index in [1.54, 1.807) is 0 Å². The monoisotopic (exact) mass is 166 g/mol. The number of nitrogens with two attached hydrogens (primary N) is 1. The molecule has 58 valence electrons. The zero-order chi connectivity index (χ0) is 8.10. The SMILES string of the molecule is NC(CS)=Nc1ccccc1. The molecule has 0 amide bonds. The van der Waals surface area contributed by atoms with Gasteiger partial charge >= 0.3 is 0 Å². The van der Waals surface area contributed by atoms with Crippen LogP contribution >= 0.6 is 12.6 Å². The standard InChI is InChI=1S/C8H10N2S/c9-8(6-11)10-7-4-2-1-3-5-7/h1-5,11H,6H2,(H2,9,10). The zero-order valence-electron chi connectivity index (χ0n) is 6.07. The second-order valence-electron chi connectivity index (χ2n) is 2.10. The van der Waals surface area contributed by atoms with E-state index >= 15 is 0 Å². The van der Waals surface area contributed by atoms with Crippen LogP contribution in [-0.4, -0.2) is 11.6 Å². The maximum atomic E-state index is 5.48. The summed E-state index contributed by atoms with van der Waals surface area (Å²) in [6.45, 7) is 0. The van der Waals surface area contributed by atoms with Crippen molar-refractivity contribution in [2.75, 3.05) is 5.75 Å². The van der Waals surface area contributed by atoms with Crippen LogP contribution in [0.3, 0.4) is 0 Å². The van der Waals surface area contributed by atoms with E-state index in [1.165, 1.54) is 0 Å². The molecule has 0 aliphatic rings. The molecule has 1 aromatic rings. The molecule has 0 unspecified atom stereocenters. The molecule has 0 fully saturated rings. The van der Waals surface area contributed by atoms with Crippen molar-refractivity contribution in [3.8, 4) is 0 Å². The van der Waals surface area contributed by atoms with Crippen LogP contribution in [0.15, 0.2) is 35.3 Å². The highest BCUT2D eigenvalue weighted by atomic mass is 32.1. The average Bonchev–Trinajstić information content (AvgIpc) is 2.06. The number of benzene rings is 1. The fraction of sp³-hybridized carbons (Fsp3) is 0.125. The number of amidine groups is 1. The summed E-state index contributed by atoms with van der Waals surface area (Å²) < 4.78 is 0. The lowest BCUT2D eigenvalue weighted by atomic mass is 10.3. The molecule has 2 nitrogen and oxygen atoms in total. The number of thiol groups is 1. The third-order valence-electron chi connectivity index (χ3n) is 1.19. The lowest BCUT2D eigenvalue weighted by Crippen LogP contribution is -2.12. The van der Waals surface area contributed by atoms with Crippen LogP contribution in [0.2, 0.25) is 0 Å². The minimum Gasteiger partial charge on any atom is -0.386 e. The molecule has 3 heteroatoms. The number of hydrogen-bond donors (Lipinski definition) is 2. The summed E-state index contributed by atoms with van der Waals surface area (Å²) in [5.41, 5.74) is 6.35. The van der Waals surface area contributed by atoms with Crippen molar-refractivity contribution in [3.05, 3.63) is 30.3 Å². The summed E-state index contributed by atoms with van der Waals surface area (Å²) in [6, 6.07) is 9.58. The van der Waals surface area contributed by atoms with Gasteiger partial charge in [0.1, 0.15) is 5.84 Å². The van der Waals surface area contributed by atoms with E-state index in [1.807, 2.05) is 30.3 Å². The van der Waals surface area contributed by atoms with E-state index in [0.29, 0.717) is 11.6 Å². The van der Waals surface area contributed by atoms with Gasteiger partial charge < -0.3 is 5.73 Å². The fourth-order valence-electron chi connectivity index (χ4n) is 0.704. The summed E-state index contributed by atoms with van der Waals surface area (Å²) in [7, 11) is 0. The first-order valence-electron chi connectivity index (χ1n) is 3.32. The van der Waals surface area contributed by atoms with Gasteiger partial charge in [-0.05, 0) is 12.1 Å². The minimum atomic E-state index is 0.495. The van der Waals surface area contributed by atoms with Gasteiger partial charge in [0, 0.05) is 5.75 Å². The van der Waals surface area contributed by atoms with Crippen LogP contribution in [0.25, 0.3) is 0 Å². The highest BCUT2D eigenvalue weighted by Crippen LogP contribution is 2.08. The quantitative estimate of drug-likeness (QED) is 0.391. The third kappa shape index (κ3) is 2.63. The Hall–Kier alpha value is -0.960. The predicted molar refractivity (Wildman–Crippen MR) is 51.6 cm³/mol. The average molecular weight is 166 g/mol. The third-order valence-corrected chi connectivity index (χ3v) is 1.51. The Morgan fingerprint density at radius 1 is 1.36 bits per heavy atom. The zero-order valence-corrected chi connectivity index (χ0v) is 6.96. The second-order valence-corrected chi connectivity index (χ2v) is 2.41. The van der Waals surface area contributed by atoms with Crippen LogP contribution < -0.4 is 5.73 Å². The lowest BCUT2D eigenvalue weighted by molar-refractivity contribution is 1.46. The Labute approximate surface area is 71.6 Å². The molecule has 0 atom stereocenters. The highest BCUT2D eigenvalue weighted by Gasteiger charge is 1.87. The van der Waals surface area contributed by atoms with Gasteiger partial charge in [-0.25, -0.2) is 4.99 Å². The van der Waals surface area contributed by atoms with Crippen molar-refractivity contribution in [2.45, 2.75) is 0 Å². The summed E-state index contributed by atoms with van der Waals surface area (Å²) in [6.07, 6.45) is 0. The smallest absolute Gasteiger partial charge is 0.109 e. The van der Waals surface area contributed by atoms with Gasteiger partial charge in [-0.3, -0.25) is 0 Å². The van der Waals surface area contributed by atoms with Gasteiger partial charge in [0.15, 0.2) is 0 Å². The summed E-state index contributed by atoms with van der Waals surface area (Å²) in [5.74, 6) is 1.04. The van der Waals surface area contributed by atoms with E-state index in [4.69, 9.17) is 5.73 Å². The van der Waals surface area contributed by atoms with Crippen LogP contribution in [0.5, 0.6) is 0 Å². The van der Waals surface area contributed by atoms with Gasteiger partial charge in [0.25, 0.3) is 0 Å². The van der Waals surface area contributed by atoms with Gasteiger partial charge in [0.05, 0.1) is 5.69 Å². The van der Waals surface area contributed by atoms with Crippen molar-refractivity contribution in [3.63, 3.8) is 0 Å². The minimum absolute atomic E-state index is 0.495. The first-order valence-corrected chi connectivity index (χ1v) is 3.95. The number of aliphatic imine (C=N–C) groups is 1. The van der Waals surface area contributed by atoms with E-state index < -0.39 is 0 Å². The number of hydrogen-bond acceptors (Lipinski definition) is 2. The maximum absolute atomic E-state index is 5.48. The van der Waals surface area contributed by atoms with Crippen molar-refractivity contribution >= 4 is 24.2 Å². The van der Waals surface area contributed by atoms with Gasteiger partial charge in [-0.2, -0.15) is 12.6 Å². The van der Waals surface area contributed by atoms with Crippen molar-refractivity contribution in [1.82, 2.24) is 0 Å². The predicted octanol–water partition coefficient (Wildman–Crippen LogP) is 1.61. The maximum Gasteiger partial charge on any atom is 0.109 e. The van der Waals surface area contributed by atoms with Crippen molar-refractivity contribution in [2.24, 2.45) is 10.7 Å². The normalized spacial score (nSPS) is 11.5. The summed E-state index contributed by atoms with van der Waals surface area (Å²) >= 11 is 3.99. The molecule has 0 aliphatic heterocycles. The molecule has 0 bridgehead atoms. The molecule has 0 saturated heterocycles. The van der Waals surface area contributed by atoms with Gasteiger partial charge in [0.2, 0.25) is 0 Å². The fourth-order valence-corrected chi connectivity index (χ4v) is 0.774. The molecule has 1 rings (SSSR count). The van der Waals surface area contributed by atoms with Gasteiger partial charge in [-0.1, -0.05) is 18.2 Å². The van der Waals surface area contributed by atoms with E-state index in [2.05, 4.69) is 17.6 Å². The lowest BCUT2D eigenvalue weighted by Gasteiger charge is -1.94. The van der Waals surface area contributed by atoms with Crippen LogP contribution in [0.4, 0.5) is 5.69 Å². The molecule has 0 radical (unpaired) electrons.